The Bertz CT molecular complexity index is 789. The standard InChI is InChI=1S/C18H24N2O8S/c1-18(25)15(23)19-17(24)20(14-7-10(22)12(8-21)28-14)16(18)29-13-6-9(26-2)4-5-11(13)27-3/h4-6,10,12,14,16,21-22,25H,7-8H2,1-3H3,(H,19,23,24)/t10-,12+,14+,16?,18?/m0/s1. The maximum absolute atomic E-state index is 12.6. The zero-order valence-electron chi connectivity index (χ0n) is 16.2. The average Bonchev–Trinajstić information content (AvgIpc) is 3.06. The zero-order valence-corrected chi connectivity index (χ0v) is 17.0. The number of benzene rings is 1. The minimum absolute atomic E-state index is 0.0230. The summed E-state index contributed by atoms with van der Waals surface area (Å²) in [5.41, 5.74) is -1.97. The lowest BCUT2D eigenvalue weighted by molar-refractivity contribution is -0.150. The van der Waals surface area contributed by atoms with Gasteiger partial charge in [0.2, 0.25) is 0 Å². The lowest BCUT2D eigenvalue weighted by Gasteiger charge is -2.45. The summed E-state index contributed by atoms with van der Waals surface area (Å²) in [5, 5.41) is 31.4. The number of hydrogen-bond acceptors (Lipinski definition) is 9. The Hall–Kier alpha value is -2.05. The molecule has 0 aliphatic carbocycles. The zero-order chi connectivity index (χ0) is 21.3. The second-order valence-corrected chi connectivity index (χ2v) is 8.04. The Morgan fingerprint density at radius 1 is 1.34 bits per heavy atom. The quantitative estimate of drug-likeness (QED) is 0.489. The van der Waals surface area contributed by atoms with Crippen molar-refractivity contribution < 1.29 is 39.1 Å². The van der Waals surface area contributed by atoms with Crippen LogP contribution in [0.4, 0.5) is 4.79 Å². The number of carbonyl (C=O) groups excluding carboxylic acids is 2. The molecule has 3 amide bonds. The van der Waals surface area contributed by atoms with Crippen LogP contribution in [0.5, 0.6) is 11.5 Å². The molecule has 3 rings (SSSR count). The number of ether oxygens (including phenoxy) is 3. The molecule has 10 nitrogen and oxygen atoms in total. The molecule has 2 fully saturated rings. The first-order valence-electron chi connectivity index (χ1n) is 8.92. The van der Waals surface area contributed by atoms with Crippen molar-refractivity contribution in [2.75, 3.05) is 20.8 Å². The van der Waals surface area contributed by atoms with Crippen molar-refractivity contribution in [3.05, 3.63) is 18.2 Å². The van der Waals surface area contributed by atoms with Crippen molar-refractivity contribution in [2.24, 2.45) is 0 Å². The van der Waals surface area contributed by atoms with E-state index in [2.05, 4.69) is 5.32 Å². The van der Waals surface area contributed by atoms with Gasteiger partial charge in [0.15, 0.2) is 5.60 Å². The molecule has 2 saturated heterocycles. The van der Waals surface area contributed by atoms with Gasteiger partial charge in [0.1, 0.15) is 29.2 Å². The van der Waals surface area contributed by atoms with Crippen LogP contribution in [0.1, 0.15) is 13.3 Å². The van der Waals surface area contributed by atoms with E-state index in [0.717, 1.165) is 11.8 Å². The number of thioether (sulfide) groups is 1. The number of imide groups is 1. The number of aliphatic hydroxyl groups excluding tert-OH is 2. The number of nitrogens with one attached hydrogen (secondary N) is 1. The van der Waals surface area contributed by atoms with E-state index in [-0.39, 0.29) is 6.42 Å². The molecule has 29 heavy (non-hydrogen) atoms. The first kappa shape index (κ1) is 21.7. The summed E-state index contributed by atoms with van der Waals surface area (Å²) in [5.74, 6) is 0.139. The van der Waals surface area contributed by atoms with E-state index >= 15 is 0 Å². The van der Waals surface area contributed by atoms with Gasteiger partial charge >= 0.3 is 6.03 Å². The van der Waals surface area contributed by atoms with Gasteiger partial charge in [-0.25, -0.2) is 4.79 Å². The minimum Gasteiger partial charge on any atom is -0.497 e. The second-order valence-electron chi connectivity index (χ2n) is 6.92. The molecule has 2 heterocycles. The maximum atomic E-state index is 12.6. The molecule has 2 aliphatic heterocycles. The topological polar surface area (TPSA) is 138 Å². The van der Waals surface area contributed by atoms with E-state index in [1.54, 1.807) is 18.2 Å². The Labute approximate surface area is 171 Å². The maximum Gasteiger partial charge on any atom is 0.327 e. The number of urea groups is 1. The van der Waals surface area contributed by atoms with Crippen molar-refractivity contribution in [3.63, 3.8) is 0 Å². The Kier molecular flexibility index (Phi) is 6.24. The van der Waals surface area contributed by atoms with Gasteiger partial charge in [-0.15, -0.1) is 0 Å². The lowest BCUT2D eigenvalue weighted by Crippen LogP contribution is -2.69. The van der Waals surface area contributed by atoms with Crippen molar-refractivity contribution in [1.29, 1.82) is 0 Å². The molecule has 2 aliphatic rings. The fraction of sp³-hybridized carbons (Fsp3) is 0.556. The number of carbonyl (C=O) groups is 2. The van der Waals surface area contributed by atoms with Crippen molar-refractivity contribution in [3.8, 4) is 11.5 Å². The summed E-state index contributed by atoms with van der Waals surface area (Å²) in [6, 6.07) is 4.26. The summed E-state index contributed by atoms with van der Waals surface area (Å²) >= 11 is 1.03. The molecule has 4 N–H and O–H groups in total. The monoisotopic (exact) mass is 428 g/mol. The molecule has 0 aromatic heterocycles. The Morgan fingerprint density at radius 2 is 2.07 bits per heavy atom. The number of methoxy groups -OCH3 is 2. The number of aliphatic hydroxyl groups is 3. The fourth-order valence-corrected chi connectivity index (χ4v) is 4.65. The Morgan fingerprint density at radius 3 is 2.66 bits per heavy atom. The highest BCUT2D eigenvalue weighted by atomic mass is 32.2. The fourth-order valence-electron chi connectivity index (χ4n) is 3.28. The molecule has 1 aromatic carbocycles. The number of amides is 3. The van der Waals surface area contributed by atoms with Gasteiger partial charge in [-0.3, -0.25) is 15.0 Å². The Balaban J connectivity index is 1.99. The predicted octanol–water partition coefficient (Wildman–Crippen LogP) is -0.107. The van der Waals surface area contributed by atoms with E-state index in [9.17, 15) is 24.9 Å². The van der Waals surface area contributed by atoms with Crippen LogP contribution >= 0.6 is 11.8 Å². The highest BCUT2D eigenvalue weighted by Gasteiger charge is 2.54. The molecule has 0 saturated carbocycles. The third-order valence-corrected chi connectivity index (χ3v) is 6.43. The highest BCUT2D eigenvalue weighted by Crippen LogP contribution is 2.43. The molecule has 11 heteroatoms. The van der Waals surface area contributed by atoms with E-state index in [4.69, 9.17) is 14.2 Å². The molecular weight excluding hydrogens is 404 g/mol. The minimum atomic E-state index is -1.97. The van der Waals surface area contributed by atoms with E-state index in [0.29, 0.717) is 16.4 Å². The van der Waals surface area contributed by atoms with Crippen LogP contribution in [-0.2, 0) is 9.53 Å². The van der Waals surface area contributed by atoms with Crippen LogP contribution in [0.15, 0.2) is 23.1 Å². The molecule has 5 atom stereocenters. The summed E-state index contributed by atoms with van der Waals surface area (Å²) < 4.78 is 16.2. The van der Waals surface area contributed by atoms with Crippen molar-refractivity contribution in [1.82, 2.24) is 10.2 Å². The second kappa shape index (κ2) is 8.36. The van der Waals surface area contributed by atoms with Crippen LogP contribution in [0.25, 0.3) is 0 Å². The van der Waals surface area contributed by atoms with Gasteiger partial charge < -0.3 is 29.5 Å². The lowest BCUT2D eigenvalue weighted by atomic mass is 10.0. The van der Waals surface area contributed by atoms with Gasteiger partial charge in [0.05, 0.1) is 31.8 Å². The summed E-state index contributed by atoms with van der Waals surface area (Å²) in [6.07, 6.45) is -2.78. The number of hydrogen-bond donors (Lipinski definition) is 4. The van der Waals surface area contributed by atoms with Gasteiger partial charge in [0, 0.05) is 6.42 Å². The SMILES string of the molecule is COc1ccc(OC)c(SC2N([C@H]3C[C@H](O)[C@@H](CO)O3)C(=O)NC(=O)C2(C)O)c1. The van der Waals surface area contributed by atoms with E-state index in [1.165, 1.54) is 26.0 Å². The summed E-state index contributed by atoms with van der Waals surface area (Å²) in [7, 11) is 2.97. The van der Waals surface area contributed by atoms with Gasteiger partial charge in [-0.2, -0.15) is 0 Å². The van der Waals surface area contributed by atoms with Crippen LogP contribution in [0.2, 0.25) is 0 Å². The molecular formula is C18H24N2O8S. The molecule has 0 spiro atoms. The molecule has 0 radical (unpaired) electrons. The normalized spacial score (nSPS) is 32.3. The van der Waals surface area contributed by atoms with Crippen LogP contribution in [0, 0.1) is 0 Å². The van der Waals surface area contributed by atoms with Gasteiger partial charge in [-0.1, -0.05) is 11.8 Å². The first-order valence-corrected chi connectivity index (χ1v) is 9.80. The highest BCUT2D eigenvalue weighted by molar-refractivity contribution is 8.00. The molecule has 2 unspecified atom stereocenters. The molecule has 1 aromatic rings. The van der Waals surface area contributed by atoms with Crippen LogP contribution in [0.3, 0.4) is 0 Å². The molecule has 160 valence electrons. The third-order valence-electron chi connectivity index (χ3n) is 4.95. The summed E-state index contributed by atoms with van der Waals surface area (Å²) in [6.45, 7) is 0.866. The largest absolute Gasteiger partial charge is 0.497 e. The van der Waals surface area contributed by atoms with E-state index < -0.39 is 48.0 Å². The van der Waals surface area contributed by atoms with Crippen molar-refractivity contribution >= 4 is 23.7 Å². The average molecular weight is 428 g/mol. The summed E-state index contributed by atoms with van der Waals surface area (Å²) in [4.78, 5) is 26.7. The van der Waals surface area contributed by atoms with E-state index in [1.807, 2.05) is 0 Å². The first-order chi connectivity index (χ1) is 13.7. The van der Waals surface area contributed by atoms with Crippen LogP contribution < -0.4 is 14.8 Å². The third kappa shape index (κ3) is 4.01. The predicted molar refractivity (Wildman–Crippen MR) is 102 cm³/mol. The van der Waals surface area contributed by atoms with Gasteiger partial charge in [-0.05, 0) is 25.1 Å². The number of rotatable bonds is 6. The van der Waals surface area contributed by atoms with Gasteiger partial charge in [0.25, 0.3) is 5.91 Å². The molecule has 0 bridgehead atoms. The van der Waals surface area contributed by atoms with Crippen molar-refractivity contribution in [2.45, 2.75) is 47.7 Å². The smallest absolute Gasteiger partial charge is 0.327 e. The van der Waals surface area contributed by atoms with Crippen LogP contribution in [-0.4, -0.2) is 82.4 Å². The number of nitrogens with zero attached hydrogens (tertiary/aromatic N) is 1.